The summed E-state index contributed by atoms with van der Waals surface area (Å²) in [5.41, 5.74) is 2.20. The van der Waals surface area contributed by atoms with Crippen LogP contribution >= 0.6 is 11.6 Å². The van der Waals surface area contributed by atoms with Crippen LogP contribution in [0.3, 0.4) is 0 Å². The number of halogens is 1. The number of hydrogen-bond donors (Lipinski definition) is 2. The molecule has 126 valence electrons. The molecule has 1 unspecified atom stereocenters. The lowest BCUT2D eigenvalue weighted by Crippen LogP contribution is -2.22. The van der Waals surface area contributed by atoms with Gasteiger partial charge >= 0.3 is 0 Å². The highest BCUT2D eigenvalue weighted by Gasteiger charge is 2.19. The van der Waals surface area contributed by atoms with Crippen LogP contribution in [0.2, 0.25) is 5.02 Å². The molecule has 0 saturated heterocycles. The summed E-state index contributed by atoms with van der Waals surface area (Å²) in [7, 11) is 1.59. The monoisotopic (exact) mass is 352 g/mol. The number of aromatic nitrogens is 2. The lowest BCUT2D eigenvalue weighted by molar-refractivity contribution is 0.0963. The maximum Gasteiger partial charge on any atom is 0.254 e. The molecular weight excluding hydrogens is 336 g/mol. The first-order valence-electron chi connectivity index (χ1n) is 7.79. The third-order valence-corrected chi connectivity index (χ3v) is 3.96. The molecule has 3 rings (SSSR count). The normalized spacial score (nSPS) is 11.6. The van der Waals surface area contributed by atoms with Crippen LogP contribution in [-0.2, 0) is 0 Å². The Morgan fingerprint density at radius 1 is 1.04 bits per heavy atom. The Labute approximate surface area is 151 Å². The van der Waals surface area contributed by atoms with Crippen molar-refractivity contribution in [1.29, 1.82) is 0 Å². The van der Waals surface area contributed by atoms with Crippen LogP contribution in [-0.4, -0.2) is 22.9 Å². The average molecular weight is 353 g/mol. The molecule has 3 aromatic rings. The van der Waals surface area contributed by atoms with Crippen molar-refractivity contribution >= 4 is 23.3 Å². The number of pyridine rings is 2. The quantitative estimate of drug-likeness (QED) is 0.735. The average Bonchev–Trinajstić information content (AvgIpc) is 2.66. The second-order valence-corrected chi connectivity index (χ2v) is 5.80. The van der Waals surface area contributed by atoms with E-state index in [0.29, 0.717) is 16.4 Å². The van der Waals surface area contributed by atoms with E-state index in [-0.39, 0.29) is 11.9 Å². The van der Waals surface area contributed by atoms with Crippen LogP contribution in [0.4, 0.5) is 5.82 Å². The summed E-state index contributed by atoms with van der Waals surface area (Å²) in [5.74, 6) is 0.277. The zero-order valence-corrected chi connectivity index (χ0v) is 14.4. The molecule has 0 bridgehead atoms. The largest absolute Gasteiger partial charge is 0.357 e. The van der Waals surface area contributed by atoms with Crippen LogP contribution in [0.1, 0.15) is 27.7 Å². The zero-order valence-electron chi connectivity index (χ0n) is 13.6. The first-order valence-corrected chi connectivity index (χ1v) is 8.17. The van der Waals surface area contributed by atoms with Gasteiger partial charge in [-0.3, -0.25) is 9.78 Å². The number of anilines is 1. The molecule has 0 aliphatic heterocycles. The first kappa shape index (κ1) is 16.9. The molecule has 1 amide bonds. The Hall–Kier alpha value is -2.92. The van der Waals surface area contributed by atoms with Crippen molar-refractivity contribution in [3.05, 3.63) is 88.8 Å². The molecule has 1 aromatic carbocycles. The summed E-state index contributed by atoms with van der Waals surface area (Å²) in [6.07, 6.45) is 3.37. The second-order valence-electron chi connectivity index (χ2n) is 5.37. The van der Waals surface area contributed by atoms with E-state index in [4.69, 9.17) is 11.6 Å². The Bertz CT molecular complexity index is 870. The molecular formula is C19H17ClN4O. The second kappa shape index (κ2) is 7.77. The maximum atomic E-state index is 12.1. The minimum absolute atomic E-state index is 0.207. The van der Waals surface area contributed by atoms with Crippen LogP contribution < -0.4 is 10.6 Å². The topological polar surface area (TPSA) is 66.9 Å². The molecule has 0 spiro atoms. The summed E-state index contributed by atoms with van der Waals surface area (Å²) in [6.45, 7) is 0. The highest BCUT2D eigenvalue weighted by Crippen LogP contribution is 2.27. The van der Waals surface area contributed by atoms with Crippen LogP contribution in [0.15, 0.2) is 67.0 Å². The van der Waals surface area contributed by atoms with Crippen LogP contribution in [0, 0.1) is 0 Å². The van der Waals surface area contributed by atoms with Gasteiger partial charge in [0, 0.05) is 24.5 Å². The highest BCUT2D eigenvalue weighted by molar-refractivity contribution is 6.30. The third-order valence-electron chi connectivity index (χ3n) is 3.73. The van der Waals surface area contributed by atoms with E-state index in [9.17, 15) is 4.79 Å². The number of hydrogen-bond acceptors (Lipinski definition) is 4. The lowest BCUT2D eigenvalue weighted by atomic mass is 10.0. The van der Waals surface area contributed by atoms with Gasteiger partial charge in [0.15, 0.2) is 0 Å². The number of carbonyl (C=O) groups excluding carboxylic acids is 1. The van der Waals surface area contributed by atoms with Gasteiger partial charge in [-0.15, -0.1) is 0 Å². The van der Waals surface area contributed by atoms with Gasteiger partial charge in [-0.1, -0.05) is 29.8 Å². The summed E-state index contributed by atoms with van der Waals surface area (Å²) >= 11 is 6.16. The van der Waals surface area contributed by atoms with E-state index in [1.165, 1.54) is 0 Å². The Morgan fingerprint density at radius 2 is 1.88 bits per heavy atom. The molecule has 0 radical (unpaired) electrons. The van der Waals surface area contributed by atoms with E-state index < -0.39 is 0 Å². The van der Waals surface area contributed by atoms with Gasteiger partial charge in [0.05, 0.1) is 17.3 Å². The molecule has 6 heteroatoms. The van der Waals surface area contributed by atoms with E-state index >= 15 is 0 Å². The van der Waals surface area contributed by atoms with E-state index in [1.54, 1.807) is 31.6 Å². The minimum Gasteiger partial charge on any atom is -0.357 e. The number of nitrogens with one attached hydrogen (secondary N) is 2. The number of nitrogens with zero attached hydrogens (tertiary/aromatic N) is 2. The van der Waals surface area contributed by atoms with Gasteiger partial charge < -0.3 is 10.6 Å². The fourth-order valence-electron chi connectivity index (χ4n) is 2.54. The standard InChI is InChI=1S/C19H17ClN4O/c1-21-19(25)15-8-5-11-23-18(15)24-17(16-9-2-3-10-22-16)13-6-4-7-14(20)12-13/h2-12,17H,1H3,(H,21,25)(H,23,24). The SMILES string of the molecule is CNC(=O)c1cccnc1NC(c1cccc(Cl)c1)c1ccccn1. The van der Waals surface area contributed by atoms with Crippen molar-refractivity contribution in [2.45, 2.75) is 6.04 Å². The third kappa shape index (κ3) is 3.95. The fourth-order valence-corrected chi connectivity index (χ4v) is 2.73. The van der Waals surface area contributed by atoms with Gasteiger partial charge in [0.1, 0.15) is 5.82 Å². The number of benzene rings is 1. The summed E-state index contributed by atoms with van der Waals surface area (Å²) in [6, 6.07) is 16.4. The molecule has 2 heterocycles. The Morgan fingerprint density at radius 3 is 2.60 bits per heavy atom. The predicted molar refractivity (Wildman–Crippen MR) is 98.8 cm³/mol. The predicted octanol–water partition coefficient (Wildman–Crippen LogP) is 3.69. The van der Waals surface area contributed by atoms with E-state index in [2.05, 4.69) is 20.6 Å². The Kier molecular flexibility index (Phi) is 5.26. The highest BCUT2D eigenvalue weighted by atomic mass is 35.5. The van der Waals surface area contributed by atoms with Crippen molar-refractivity contribution in [1.82, 2.24) is 15.3 Å². The van der Waals surface area contributed by atoms with Gasteiger partial charge in [-0.25, -0.2) is 4.98 Å². The molecule has 2 N–H and O–H groups in total. The summed E-state index contributed by atoms with van der Waals surface area (Å²) < 4.78 is 0. The van der Waals surface area contributed by atoms with Crippen molar-refractivity contribution in [2.24, 2.45) is 0 Å². The van der Waals surface area contributed by atoms with E-state index in [1.807, 2.05) is 42.5 Å². The molecule has 0 saturated carbocycles. The van der Waals surface area contributed by atoms with E-state index in [0.717, 1.165) is 11.3 Å². The van der Waals surface area contributed by atoms with Crippen molar-refractivity contribution in [3.63, 3.8) is 0 Å². The summed E-state index contributed by atoms with van der Waals surface area (Å²) in [5, 5.41) is 6.59. The van der Waals surface area contributed by atoms with Crippen LogP contribution in [0.25, 0.3) is 0 Å². The number of amides is 1. The smallest absolute Gasteiger partial charge is 0.254 e. The summed E-state index contributed by atoms with van der Waals surface area (Å²) in [4.78, 5) is 20.9. The molecule has 5 nitrogen and oxygen atoms in total. The molecule has 25 heavy (non-hydrogen) atoms. The fraction of sp³-hybridized carbons (Fsp3) is 0.105. The lowest BCUT2D eigenvalue weighted by Gasteiger charge is -2.21. The molecule has 0 aliphatic rings. The first-order chi connectivity index (χ1) is 12.2. The number of rotatable bonds is 5. The van der Waals surface area contributed by atoms with Crippen molar-refractivity contribution in [3.8, 4) is 0 Å². The van der Waals surface area contributed by atoms with Gasteiger partial charge in [0.25, 0.3) is 5.91 Å². The van der Waals surface area contributed by atoms with Crippen molar-refractivity contribution in [2.75, 3.05) is 12.4 Å². The van der Waals surface area contributed by atoms with Gasteiger partial charge in [0.2, 0.25) is 0 Å². The molecule has 1 atom stereocenters. The minimum atomic E-state index is -0.293. The maximum absolute atomic E-state index is 12.1. The van der Waals surface area contributed by atoms with Crippen molar-refractivity contribution < 1.29 is 4.79 Å². The van der Waals surface area contributed by atoms with Crippen LogP contribution in [0.5, 0.6) is 0 Å². The number of carbonyl (C=O) groups is 1. The molecule has 2 aromatic heterocycles. The zero-order chi connectivity index (χ0) is 17.6. The molecule has 0 fully saturated rings. The van der Waals surface area contributed by atoms with Gasteiger partial charge in [-0.2, -0.15) is 0 Å². The molecule has 0 aliphatic carbocycles. The van der Waals surface area contributed by atoms with Gasteiger partial charge in [-0.05, 0) is 42.0 Å². The Balaban J connectivity index is 2.04.